The average Bonchev–Trinajstić information content (AvgIpc) is 2.43. The van der Waals surface area contributed by atoms with Crippen molar-refractivity contribution in [3.63, 3.8) is 0 Å². The van der Waals surface area contributed by atoms with Crippen LogP contribution in [0.3, 0.4) is 0 Å². The van der Waals surface area contributed by atoms with Gasteiger partial charge in [0.05, 0.1) is 6.10 Å². The summed E-state index contributed by atoms with van der Waals surface area (Å²) in [5.41, 5.74) is 3.43. The molecule has 1 amide bonds. The fourth-order valence-electron chi connectivity index (χ4n) is 1.55. The molecular formula is C15H22N2O4. The van der Waals surface area contributed by atoms with Crippen molar-refractivity contribution < 1.29 is 19.2 Å². The second-order valence-corrected chi connectivity index (χ2v) is 5.11. The van der Waals surface area contributed by atoms with Gasteiger partial charge in [-0.25, -0.2) is 4.79 Å². The zero-order valence-electron chi connectivity index (χ0n) is 12.8. The Balaban J connectivity index is 2.70. The lowest BCUT2D eigenvalue weighted by Crippen LogP contribution is -2.43. The highest BCUT2D eigenvalue weighted by molar-refractivity contribution is 5.76. The van der Waals surface area contributed by atoms with E-state index >= 15 is 0 Å². The molecule has 0 aliphatic carbocycles. The molecule has 1 N–H and O–H groups in total. The first-order valence-electron chi connectivity index (χ1n) is 6.78. The van der Waals surface area contributed by atoms with Crippen molar-refractivity contribution in [1.82, 2.24) is 10.4 Å². The summed E-state index contributed by atoms with van der Waals surface area (Å²) in [6.07, 6.45) is -0.444. The van der Waals surface area contributed by atoms with Crippen molar-refractivity contribution in [3.8, 4) is 0 Å². The Bertz CT molecular complexity index is 460. The fraction of sp³-hybridized carbons (Fsp3) is 0.467. The second-order valence-electron chi connectivity index (χ2n) is 5.11. The van der Waals surface area contributed by atoms with Gasteiger partial charge in [-0.2, -0.15) is 0 Å². The normalized spacial score (nSPS) is 11.9. The van der Waals surface area contributed by atoms with Gasteiger partial charge in [-0.15, -0.1) is 5.48 Å². The third kappa shape index (κ3) is 6.27. The first kappa shape index (κ1) is 17.0. The van der Waals surface area contributed by atoms with Gasteiger partial charge in [-0.05, 0) is 19.4 Å². The van der Waals surface area contributed by atoms with Crippen molar-refractivity contribution in [1.29, 1.82) is 0 Å². The number of esters is 1. The Morgan fingerprint density at radius 2 is 1.81 bits per heavy atom. The molecule has 1 atom stereocenters. The van der Waals surface area contributed by atoms with E-state index in [2.05, 4.69) is 5.48 Å². The molecule has 21 heavy (non-hydrogen) atoms. The van der Waals surface area contributed by atoms with Gasteiger partial charge in [0.2, 0.25) is 0 Å². The number of rotatable bonds is 6. The number of nitrogens with one attached hydrogen (secondary N) is 1. The Morgan fingerprint density at radius 1 is 1.19 bits per heavy atom. The number of ether oxygens (including phenoxy) is 1. The number of carbonyl (C=O) groups excluding carboxylic acids is 2. The Morgan fingerprint density at radius 3 is 2.33 bits per heavy atom. The van der Waals surface area contributed by atoms with Crippen LogP contribution in [0.5, 0.6) is 0 Å². The SMILES string of the molecule is CC(C)OC(=O)[C@H](Cc1ccccc1)NOC(=O)N(C)C. The number of hydrogen-bond acceptors (Lipinski definition) is 5. The summed E-state index contributed by atoms with van der Waals surface area (Å²) >= 11 is 0. The predicted octanol–water partition coefficient (Wildman–Crippen LogP) is 1.75. The van der Waals surface area contributed by atoms with Crippen LogP contribution in [0.15, 0.2) is 30.3 Å². The van der Waals surface area contributed by atoms with Crippen molar-refractivity contribution in [2.24, 2.45) is 0 Å². The van der Waals surface area contributed by atoms with Gasteiger partial charge in [-0.1, -0.05) is 30.3 Å². The van der Waals surface area contributed by atoms with Gasteiger partial charge in [-0.3, -0.25) is 4.79 Å². The van der Waals surface area contributed by atoms with Gasteiger partial charge >= 0.3 is 12.1 Å². The average molecular weight is 294 g/mol. The van der Waals surface area contributed by atoms with Crippen LogP contribution in [0.4, 0.5) is 4.79 Å². The summed E-state index contributed by atoms with van der Waals surface area (Å²) in [6, 6.07) is 8.69. The lowest BCUT2D eigenvalue weighted by molar-refractivity contribution is -0.153. The number of hydrogen-bond donors (Lipinski definition) is 1. The molecule has 1 aromatic rings. The van der Waals surface area contributed by atoms with Crippen LogP contribution in [-0.4, -0.2) is 43.2 Å². The molecule has 0 aliphatic rings. The maximum Gasteiger partial charge on any atom is 0.428 e. The van der Waals surface area contributed by atoms with Crippen LogP contribution in [0.25, 0.3) is 0 Å². The number of nitrogens with zero attached hydrogens (tertiary/aromatic N) is 1. The van der Waals surface area contributed by atoms with Crippen molar-refractivity contribution >= 4 is 12.1 Å². The molecule has 1 rings (SSSR count). The minimum Gasteiger partial charge on any atom is -0.462 e. The maximum absolute atomic E-state index is 12.1. The highest BCUT2D eigenvalue weighted by Gasteiger charge is 2.23. The van der Waals surface area contributed by atoms with Crippen molar-refractivity contribution in [3.05, 3.63) is 35.9 Å². The van der Waals surface area contributed by atoms with E-state index < -0.39 is 18.1 Å². The van der Waals surface area contributed by atoms with Gasteiger partial charge in [0.1, 0.15) is 6.04 Å². The quantitative estimate of drug-likeness (QED) is 0.639. The largest absolute Gasteiger partial charge is 0.462 e. The number of benzene rings is 1. The third-order valence-electron chi connectivity index (χ3n) is 2.57. The summed E-state index contributed by atoms with van der Waals surface area (Å²) in [6.45, 7) is 3.53. The minimum absolute atomic E-state index is 0.234. The molecule has 0 fully saturated rings. The topological polar surface area (TPSA) is 67.9 Å². The molecule has 1 aromatic carbocycles. The standard InChI is InChI=1S/C15H22N2O4/c1-11(2)20-14(18)13(16-21-15(19)17(3)4)10-12-8-6-5-7-9-12/h5-9,11,13,16H,10H2,1-4H3/t13-/m0/s1. The summed E-state index contributed by atoms with van der Waals surface area (Å²) in [7, 11) is 3.12. The molecule has 0 heterocycles. The van der Waals surface area contributed by atoms with E-state index in [1.54, 1.807) is 27.9 Å². The van der Waals surface area contributed by atoms with E-state index in [1.807, 2.05) is 30.3 Å². The molecule has 6 nitrogen and oxygen atoms in total. The Hall–Kier alpha value is -2.08. The zero-order valence-corrected chi connectivity index (χ0v) is 12.8. The van der Waals surface area contributed by atoms with Crippen LogP contribution in [-0.2, 0) is 20.8 Å². The maximum atomic E-state index is 12.1. The lowest BCUT2D eigenvalue weighted by Gasteiger charge is -2.19. The van der Waals surface area contributed by atoms with Crippen LogP contribution >= 0.6 is 0 Å². The first-order chi connectivity index (χ1) is 9.90. The van der Waals surface area contributed by atoms with Gasteiger partial charge < -0.3 is 14.5 Å². The van der Waals surface area contributed by atoms with E-state index in [0.717, 1.165) is 5.56 Å². The first-order valence-corrected chi connectivity index (χ1v) is 6.78. The molecule has 0 aliphatic heterocycles. The van der Waals surface area contributed by atoms with Gasteiger partial charge in [0.25, 0.3) is 0 Å². The third-order valence-corrected chi connectivity index (χ3v) is 2.57. The Kier molecular flexibility index (Phi) is 6.68. The van der Waals surface area contributed by atoms with Crippen LogP contribution in [0.1, 0.15) is 19.4 Å². The molecule has 0 radical (unpaired) electrons. The number of hydroxylamine groups is 1. The molecule has 0 saturated heterocycles. The van der Waals surface area contributed by atoms with E-state index in [1.165, 1.54) is 4.90 Å². The highest BCUT2D eigenvalue weighted by Crippen LogP contribution is 2.06. The lowest BCUT2D eigenvalue weighted by atomic mass is 10.1. The molecule has 0 saturated carbocycles. The van der Waals surface area contributed by atoms with Crippen LogP contribution in [0, 0.1) is 0 Å². The van der Waals surface area contributed by atoms with E-state index in [4.69, 9.17) is 9.57 Å². The predicted molar refractivity (Wildman–Crippen MR) is 78.5 cm³/mol. The monoisotopic (exact) mass is 294 g/mol. The smallest absolute Gasteiger partial charge is 0.428 e. The number of amides is 1. The van der Waals surface area contributed by atoms with Crippen molar-refractivity contribution in [2.45, 2.75) is 32.4 Å². The molecule has 0 spiro atoms. The highest BCUT2D eigenvalue weighted by atomic mass is 16.7. The van der Waals surface area contributed by atoms with E-state index in [0.29, 0.717) is 6.42 Å². The molecular weight excluding hydrogens is 272 g/mol. The number of carbonyl (C=O) groups is 2. The molecule has 0 aromatic heterocycles. The van der Waals surface area contributed by atoms with Crippen LogP contribution < -0.4 is 5.48 Å². The van der Waals surface area contributed by atoms with Crippen molar-refractivity contribution in [2.75, 3.05) is 14.1 Å². The van der Waals surface area contributed by atoms with Crippen LogP contribution in [0.2, 0.25) is 0 Å². The summed E-state index contributed by atoms with van der Waals surface area (Å²) in [5, 5.41) is 0. The summed E-state index contributed by atoms with van der Waals surface area (Å²) in [5.74, 6) is -0.458. The van der Waals surface area contributed by atoms with Gasteiger partial charge in [0, 0.05) is 20.5 Å². The second kappa shape index (κ2) is 8.26. The van der Waals surface area contributed by atoms with Gasteiger partial charge in [0.15, 0.2) is 0 Å². The zero-order chi connectivity index (χ0) is 15.8. The fourth-order valence-corrected chi connectivity index (χ4v) is 1.55. The molecule has 116 valence electrons. The molecule has 6 heteroatoms. The van der Waals surface area contributed by atoms with E-state index in [9.17, 15) is 9.59 Å². The summed E-state index contributed by atoms with van der Waals surface area (Å²) in [4.78, 5) is 29.6. The molecule has 0 unspecified atom stereocenters. The Labute approximate surface area is 125 Å². The summed E-state index contributed by atoms with van der Waals surface area (Å²) < 4.78 is 5.17. The van der Waals surface area contributed by atoms with E-state index in [-0.39, 0.29) is 6.10 Å². The molecule has 0 bridgehead atoms. The minimum atomic E-state index is -0.751.